The van der Waals surface area contributed by atoms with Crippen molar-refractivity contribution >= 4 is 11.6 Å². The molecule has 4 heteroatoms. The molecule has 1 amide bonds. The van der Waals surface area contributed by atoms with E-state index in [9.17, 15) is 9.90 Å². The smallest absolute Gasteiger partial charge is 0.221 e. The van der Waals surface area contributed by atoms with Gasteiger partial charge >= 0.3 is 0 Å². The summed E-state index contributed by atoms with van der Waals surface area (Å²) in [5, 5.41) is 15.4. The fraction of sp³-hybridized carbons (Fsp3) is 0.500. The molecular weight excluding hydrogens is 228 g/mol. The first-order chi connectivity index (χ1) is 8.65. The number of aliphatic hydroxyl groups is 1. The third kappa shape index (κ3) is 3.31. The molecular formula is C14H20N2O2. The van der Waals surface area contributed by atoms with Gasteiger partial charge in [0.15, 0.2) is 0 Å². The van der Waals surface area contributed by atoms with Gasteiger partial charge in [0, 0.05) is 37.7 Å². The number of amides is 1. The van der Waals surface area contributed by atoms with Crippen molar-refractivity contribution in [2.75, 3.05) is 18.5 Å². The zero-order chi connectivity index (χ0) is 13.0. The molecule has 0 spiro atoms. The Morgan fingerprint density at radius 1 is 1.39 bits per heavy atom. The summed E-state index contributed by atoms with van der Waals surface area (Å²) >= 11 is 0. The van der Waals surface area contributed by atoms with Gasteiger partial charge < -0.3 is 15.7 Å². The van der Waals surface area contributed by atoms with Crippen molar-refractivity contribution in [1.82, 2.24) is 5.32 Å². The maximum Gasteiger partial charge on any atom is 0.221 e. The van der Waals surface area contributed by atoms with Crippen molar-refractivity contribution in [1.29, 1.82) is 0 Å². The molecule has 1 aromatic carbocycles. The van der Waals surface area contributed by atoms with E-state index in [1.165, 1.54) is 6.92 Å². The topological polar surface area (TPSA) is 61.4 Å². The summed E-state index contributed by atoms with van der Waals surface area (Å²) in [5.41, 5.74) is 2.04. The summed E-state index contributed by atoms with van der Waals surface area (Å²) in [6.45, 7) is 3.30. The molecule has 1 saturated carbocycles. The van der Waals surface area contributed by atoms with Crippen LogP contribution >= 0.6 is 0 Å². The van der Waals surface area contributed by atoms with Crippen LogP contribution in [0.2, 0.25) is 0 Å². The van der Waals surface area contributed by atoms with E-state index in [2.05, 4.69) is 10.6 Å². The second kappa shape index (κ2) is 5.50. The molecule has 0 aromatic heterocycles. The quantitative estimate of drug-likeness (QED) is 0.715. The maximum absolute atomic E-state index is 11.1. The van der Waals surface area contributed by atoms with Crippen LogP contribution < -0.4 is 10.6 Å². The zero-order valence-corrected chi connectivity index (χ0v) is 10.7. The van der Waals surface area contributed by atoms with E-state index in [1.807, 2.05) is 24.3 Å². The van der Waals surface area contributed by atoms with Crippen molar-refractivity contribution in [2.45, 2.75) is 26.3 Å². The molecule has 1 aromatic rings. The minimum atomic E-state index is -0.0588. The summed E-state index contributed by atoms with van der Waals surface area (Å²) in [4.78, 5) is 11.1. The van der Waals surface area contributed by atoms with Crippen LogP contribution in [-0.2, 0) is 11.3 Å². The maximum atomic E-state index is 11.1. The lowest BCUT2D eigenvalue weighted by atomic mass is 10.1. The number of para-hydroxylation sites is 1. The predicted molar refractivity (Wildman–Crippen MR) is 71.2 cm³/mol. The van der Waals surface area contributed by atoms with Gasteiger partial charge in [-0.1, -0.05) is 18.2 Å². The Bertz CT molecular complexity index is 428. The number of nitrogens with one attached hydrogen (secondary N) is 2. The fourth-order valence-electron chi connectivity index (χ4n) is 2.02. The van der Waals surface area contributed by atoms with Gasteiger partial charge in [0.2, 0.25) is 5.91 Å². The second-order valence-electron chi connectivity index (χ2n) is 5.10. The van der Waals surface area contributed by atoms with Gasteiger partial charge in [-0.25, -0.2) is 0 Å². The monoisotopic (exact) mass is 248 g/mol. The van der Waals surface area contributed by atoms with Gasteiger partial charge in [-0.05, 0) is 24.5 Å². The van der Waals surface area contributed by atoms with E-state index < -0.39 is 0 Å². The lowest BCUT2D eigenvalue weighted by Crippen LogP contribution is -2.26. The van der Waals surface area contributed by atoms with E-state index in [0.717, 1.165) is 30.6 Å². The Morgan fingerprint density at radius 3 is 2.72 bits per heavy atom. The standard InChI is InChI=1S/C14H20N2O2/c1-11(18)16-13-5-3-2-4-12(13)8-15-9-14(10-17)6-7-14/h2-5,15,17H,6-10H2,1H3,(H,16,18). The minimum Gasteiger partial charge on any atom is -0.396 e. The summed E-state index contributed by atoms with van der Waals surface area (Å²) in [6.07, 6.45) is 2.20. The number of aliphatic hydroxyl groups excluding tert-OH is 1. The highest BCUT2D eigenvalue weighted by Gasteiger charge is 2.41. The Hall–Kier alpha value is -1.39. The number of carbonyl (C=O) groups excluding carboxylic acids is 1. The molecule has 0 aliphatic heterocycles. The molecule has 0 saturated heterocycles. The van der Waals surface area contributed by atoms with Crippen LogP contribution in [-0.4, -0.2) is 24.2 Å². The third-order valence-electron chi connectivity index (χ3n) is 3.44. The average Bonchev–Trinajstić information content (AvgIpc) is 3.11. The van der Waals surface area contributed by atoms with Crippen LogP contribution in [0.5, 0.6) is 0 Å². The van der Waals surface area contributed by atoms with Crippen LogP contribution in [0, 0.1) is 5.41 Å². The number of benzene rings is 1. The predicted octanol–water partition coefficient (Wildman–Crippen LogP) is 1.51. The number of hydrogen-bond acceptors (Lipinski definition) is 3. The van der Waals surface area contributed by atoms with E-state index in [-0.39, 0.29) is 17.9 Å². The van der Waals surface area contributed by atoms with E-state index >= 15 is 0 Å². The van der Waals surface area contributed by atoms with Crippen LogP contribution in [0.15, 0.2) is 24.3 Å². The number of rotatable bonds is 6. The Morgan fingerprint density at radius 2 is 2.11 bits per heavy atom. The van der Waals surface area contributed by atoms with E-state index in [4.69, 9.17) is 0 Å². The Balaban J connectivity index is 1.90. The molecule has 1 aliphatic carbocycles. The van der Waals surface area contributed by atoms with Gasteiger partial charge in [0.05, 0.1) is 0 Å². The SMILES string of the molecule is CC(=O)Nc1ccccc1CNCC1(CO)CC1. The molecule has 0 bridgehead atoms. The lowest BCUT2D eigenvalue weighted by Gasteiger charge is -2.14. The highest BCUT2D eigenvalue weighted by Crippen LogP contribution is 2.44. The van der Waals surface area contributed by atoms with Crippen LogP contribution in [0.1, 0.15) is 25.3 Å². The Labute approximate surface area is 107 Å². The van der Waals surface area contributed by atoms with Gasteiger partial charge in [-0.2, -0.15) is 0 Å². The average molecular weight is 248 g/mol. The molecule has 0 unspecified atom stereocenters. The van der Waals surface area contributed by atoms with Gasteiger partial charge in [-0.15, -0.1) is 0 Å². The Kier molecular flexibility index (Phi) is 3.99. The normalized spacial score (nSPS) is 16.3. The summed E-state index contributed by atoms with van der Waals surface area (Å²) < 4.78 is 0. The molecule has 2 rings (SSSR count). The zero-order valence-electron chi connectivity index (χ0n) is 10.7. The third-order valence-corrected chi connectivity index (χ3v) is 3.44. The van der Waals surface area contributed by atoms with E-state index in [0.29, 0.717) is 6.54 Å². The largest absolute Gasteiger partial charge is 0.396 e. The first-order valence-electron chi connectivity index (χ1n) is 6.32. The molecule has 0 atom stereocenters. The molecule has 18 heavy (non-hydrogen) atoms. The van der Waals surface area contributed by atoms with Crippen molar-refractivity contribution in [3.8, 4) is 0 Å². The van der Waals surface area contributed by atoms with Gasteiger partial charge in [0.25, 0.3) is 0 Å². The fourth-order valence-corrected chi connectivity index (χ4v) is 2.02. The van der Waals surface area contributed by atoms with E-state index in [1.54, 1.807) is 0 Å². The second-order valence-corrected chi connectivity index (χ2v) is 5.10. The summed E-state index contributed by atoms with van der Waals surface area (Å²) in [7, 11) is 0. The first kappa shape index (κ1) is 13.1. The summed E-state index contributed by atoms with van der Waals surface area (Å²) in [5.74, 6) is -0.0588. The van der Waals surface area contributed by atoms with Gasteiger partial charge in [0.1, 0.15) is 0 Å². The van der Waals surface area contributed by atoms with Crippen molar-refractivity contribution in [3.05, 3.63) is 29.8 Å². The molecule has 0 heterocycles. The highest BCUT2D eigenvalue weighted by atomic mass is 16.3. The number of hydrogen-bond donors (Lipinski definition) is 3. The number of anilines is 1. The van der Waals surface area contributed by atoms with Crippen LogP contribution in [0.25, 0.3) is 0 Å². The number of carbonyl (C=O) groups is 1. The highest BCUT2D eigenvalue weighted by molar-refractivity contribution is 5.89. The van der Waals surface area contributed by atoms with Crippen LogP contribution in [0.4, 0.5) is 5.69 Å². The molecule has 1 fully saturated rings. The molecule has 1 aliphatic rings. The van der Waals surface area contributed by atoms with Crippen molar-refractivity contribution in [3.63, 3.8) is 0 Å². The molecule has 0 radical (unpaired) electrons. The molecule has 98 valence electrons. The summed E-state index contributed by atoms with van der Waals surface area (Å²) in [6, 6.07) is 7.76. The van der Waals surface area contributed by atoms with Crippen molar-refractivity contribution in [2.24, 2.45) is 5.41 Å². The molecule has 3 N–H and O–H groups in total. The lowest BCUT2D eigenvalue weighted by molar-refractivity contribution is -0.114. The molecule has 4 nitrogen and oxygen atoms in total. The van der Waals surface area contributed by atoms with Crippen molar-refractivity contribution < 1.29 is 9.90 Å². The van der Waals surface area contributed by atoms with Crippen LogP contribution in [0.3, 0.4) is 0 Å². The first-order valence-corrected chi connectivity index (χ1v) is 6.32. The van der Waals surface area contributed by atoms with Gasteiger partial charge in [-0.3, -0.25) is 4.79 Å². The minimum absolute atomic E-state index is 0.0588.